The first kappa shape index (κ1) is 14.0. The van der Waals surface area contributed by atoms with E-state index in [9.17, 15) is 14.4 Å². The van der Waals surface area contributed by atoms with Crippen LogP contribution in [-0.4, -0.2) is 42.0 Å². The molecule has 0 aromatic carbocycles. The van der Waals surface area contributed by atoms with Crippen LogP contribution in [0.25, 0.3) is 0 Å². The average molecular weight is 252 g/mol. The molecule has 1 rings (SSSR count). The van der Waals surface area contributed by atoms with Crippen LogP contribution in [-0.2, 0) is 9.53 Å². The number of amides is 1. The largest absolute Gasteiger partial charge is 0.468 e. The topological polar surface area (TPSA) is 79.5 Å². The molecule has 98 valence electrons. The maximum Gasteiger partial charge on any atom is 0.325 e. The molecule has 0 saturated carbocycles. The van der Waals surface area contributed by atoms with Gasteiger partial charge in [-0.2, -0.15) is 0 Å². The van der Waals surface area contributed by atoms with Gasteiger partial charge in [0.25, 0.3) is 11.5 Å². The van der Waals surface area contributed by atoms with Gasteiger partial charge in [0, 0.05) is 12.2 Å². The Bertz CT molecular complexity index is 507. The van der Waals surface area contributed by atoms with Gasteiger partial charge in [-0.05, 0) is 26.0 Å². The molecule has 0 aliphatic heterocycles. The van der Waals surface area contributed by atoms with E-state index in [0.717, 1.165) is 0 Å². The van der Waals surface area contributed by atoms with Crippen LogP contribution in [0.2, 0.25) is 0 Å². The fraction of sp³-hybridized carbons (Fsp3) is 0.417. The first-order valence-electron chi connectivity index (χ1n) is 5.55. The van der Waals surface area contributed by atoms with Crippen molar-refractivity contribution in [3.63, 3.8) is 0 Å². The molecule has 6 nitrogen and oxygen atoms in total. The van der Waals surface area contributed by atoms with E-state index >= 15 is 0 Å². The second-order valence-electron chi connectivity index (χ2n) is 3.78. The summed E-state index contributed by atoms with van der Waals surface area (Å²) < 4.78 is 4.50. The molecular weight excluding hydrogens is 236 g/mol. The number of carbonyl (C=O) groups excluding carboxylic acids is 2. The van der Waals surface area contributed by atoms with E-state index in [-0.39, 0.29) is 12.1 Å². The Labute approximate surface area is 105 Å². The molecule has 6 heteroatoms. The number of hydrogen-bond donors (Lipinski definition) is 1. The number of likely N-dealkylation sites (N-methyl/N-ethyl adjacent to an activating group) is 1. The van der Waals surface area contributed by atoms with Crippen LogP contribution >= 0.6 is 0 Å². The molecule has 1 aromatic rings. The van der Waals surface area contributed by atoms with Crippen LogP contribution in [0.4, 0.5) is 0 Å². The number of nitrogens with one attached hydrogen (secondary N) is 1. The SMILES string of the molecule is CCN(CC(=O)OC)C(=O)c1ccc(C)[nH]c1=O. The van der Waals surface area contributed by atoms with Crippen LogP contribution < -0.4 is 5.56 Å². The Hall–Kier alpha value is -2.11. The Balaban J connectivity index is 2.96. The number of aromatic nitrogens is 1. The number of carbonyl (C=O) groups is 2. The van der Waals surface area contributed by atoms with Gasteiger partial charge in [-0.15, -0.1) is 0 Å². The first-order valence-corrected chi connectivity index (χ1v) is 5.55. The highest BCUT2D eigenvalue weighted by molar-refractivity contribution is 5.95. The molecule has 0 saturated heterocycles. The summed E-state index contributed by atoms with van der Waals surface area (Å²) in [5, 5.41) is 0. The molecule has 0 aliphatic rings. The summed E-state index contributed by atoms with van der Waals surface area (Å²) in [6, 6.07) is 3.09. The lowest BCUT2D eigenvalue weighted by Crippen LogP contribution is -2.38. The number of rotatable bonds is 4. The fourth-order valence-electron chi connectivity index (χ4n) is 1.46. The van der Waals surface area contributed by atoms with Crippen molar-refractivity contribution in [2.24, 2.45) is 0 Å². The van der Waals surface area contributed by atoms with E-state index in [1.807, 2.05) is 0 Å². The van der Waals surface area contributed by atoms with Gasteiger partial charge in [0.1, 0.15) is 12.1 Å². The Kier molecular flexibility index (Phi) is 4.65. The number of aryl methyl sites for hydroxylation is 1. The number of H-pyrrole nitrogens is 1. The van der Waals surface area contributed by atoms with Gasteiger partial charge in [0.05, 0.1) is 7.11 Å². The van der Waals surface area contributed by atoms with Gasteiger partial charge >= 0.3 is 5.97 Å². The van der Waals surface area contributed by atoms with Crippen molar-refractivity contribution in [1.29, 1.82) is 0 Å². The molecule has 18 heavy (non-hydrogen) atoms. The zero-order valence-corrected chi connectivity index (χ0v) is 10.6. The van der Waals surface area contributed by atoms with Crippen molar-refractivity contribution in [2.75, 3.05) is 20.2 Å². The van der Waals surface area contributed by atoms with Crippen molar-refractivity contribution in [1.82, 2.24) is 9.88 Å². The van der Waals surface area contributed by atoms with Crippen LogP contribution in [0.1, 0.15) is 23.0 Å². The highest BCUT2D eigenvalue weighted by Crippen LogP contribution is 2.01. The van der Waals surface area contributed by atoms with Crippen molar-refractivity contribution < 1.29 is 14.3 Å². The highest BCUT2D eigenvalue weighted by atomic mass is 16.5. The van der Waals surface area contributed by atoms with Gasteiger partial charge < -0.3 is 14.6 Å². The summed E-state index contributed by atoms with van der Waals surface area (Å²) in [5.41, 5.74) is 0.238. The Morgan fingerprint density at radius 3 is 2.56 bits per heavy atom. The first-order chi connectivity index (χ1) is 8.49. The second-order valence-corrected chi connectivity index (χ2v) is 3.78. The van der Waals surface area contributed by atoms with Crippen LogP contribution in [0.3, 0.4) is 0 Å². The molecule has 0 unspecified atom stereocenters. The zero-order chi connectivity index (χ0) is 13.7. The average Bonchev–Trinajstić information content (AvgIpc) is 2.34. The lowest BCUT2D eigenvalue weighted by Gasteiger charge is -2.18. The minimum absolute atomic E-state index is 0.0198. The maximum atomic E-state index is 12.1. The van der Waals surface area contributed by atoms with Gasteiger partial charge in [0.2, 0.25) is 0 Å². The summed E-state index contributed by atoms with van der Waals surface area (Å²) in [6.45, 7) is 3.60. The monoisotopic (exact) mass is 252 g/mol. The zero-order valence-electron chi connectivity index (χ0n) is 10.6. The molecule has 0 spiro atoms. The van der Waals surface area contributed by atoms with E-state index in [0.29, 0.717) is 12.2 Å². The maximum absolute atomic E-state index is 12.1. The lowest BCUT2D eigenvalue weighted by atomic mass is 10.2. The van der Waals surface area contributed by atoms with Crippen LogP contribution in [0, 0.1) is 6.92 Å². The van der Waals surface area contributed by atoms with Crippen molar-refractivity contribution >= 4 is 11.9 Å². The smallest absolute Gasteiger partial charge is 0.325 e. The quantitative estimate of drug-likeness (QED) is 0.782. The molecule has 0 bridgehead atoms. The van der Waals surface area contributed by atoms with Crippen LogP contribution in [0.5, 0.6) is 0 Å². The number of nitrogens with zero attached hydrogens (tertiary/aromatic N) is 1. The normalized spacial score (nSPS) is 9.94. The molecule has 0 atom stereocenters. The molecule has 0 aliphatic carbocycles. The third-order valence-electron chi connectivity index (χ3n) is 2.50. The number of ether oxygens (including phenoxy) is 1. The van der Waals surface area contributed by atoms with E-state index in [4.69, 9.17) is 0 Å². The number of methoxy groups -OCH3 is 1. The molecular formula is C12H16N2O4. The number of esters is 1. The lowest BCUT2D eigenvalue weighted by molar-refractivity contribution is -0.141. The third kappa shape index (κ3) is 3.19. The minimum Gasteiger partial charge on any atom is -0.468 e. The fourth-order valence-corrected chi connectivity index (χ4v) is 1.46. The van der Waals surface area contributed by atoms with Crippen molar-refractivity contribution in [2.45, 2.75) is 13.8 Å². The van der Waals surface area contributed by atoms with Gasteiger partial charge in [-0.1, -0.05) is 0 Å². The number of pyridine rings is 1. The number of hydrogen-bond acceptors (Lipinski definition) is 4. The van der Waals surface area contributed by atoms with Crippen molar-refractivity contribution in [3.05, 3.63) is 33.7 Å². The Morgan fingerprint density at radius 1 is 1.39 bits per heavy atom. The van der Waals surface area contributed by atoms with Crippen molar-refractivity contribution in [3.8, 4) is 0 Å². The highest BCUT2D eigenvalue weighted by Gasteiger charge is 2.19. The predicted octanol–water partition coefficient (Wildman–Crippen LogP) is 0.318. The predicted molar refractivity (Wildman–Crippen MR) is 65.4 cm³/mol. The Morgan fingerprint density at radius 2 is 2.06 bits per heavy atom. The summed E-state index contributed by atoms with van der Waals surface area (Å²) in [5.74, 6) is -1.00. The number of aromatic amines is 1. The van der Waals surface area contributed by atoms with Gasteiger partial charge in [-0.25, -0.2) is 0 Å². The van der Waals surface area contributed by atoms with Gasteiger partial charge in [0.15, 0.2) is 0 Å². The molecule has 0 radical (unpaired) electrons. The summed E-state index contributed by atoms with van der Waals surface area (Å²) in [4.78, 5) is 38.7. The van der Waals surface area contributed by atoms with E-state index in [2.05, 4.69) is 9.72 Å². The van der Waals surface area contributed by atoms with E-state index < -0.39 is 17.4 Å². The molecule has 1 heterocycles. The minimum atomic E-state index is -0.520. The standard InChI is InChI=1S/C12H16N2O4/c1-4-14(7-10(15)18-3)12(17)9-6-5-8(2)13-11(9)16/h5-6H,4,7H2,1-3H3,(H,13,16). The summed E-state index contributed by atoms with van der Waals surface area (Å²) in [7, 11) is 1.25. The molecule has 0 fully saturated rings. The summed E-state index contributed by atoms with van der Waals surface area (Å²) >= 11 is 0. The third-order valence-corrected chi connectivity index (χ3v) is 2.50. The second kappa shape index (κ2) is 6.00. The summed E-state index contributed by atoms with van der Waals surface area (Å²) in [6.07, 6.45) is 0. The molecule has 1 N–H and O–H groups in total. The van der Waals surface area contributed by atoms with E-state index in [1.54, 1.807) is 19.9 Å². The van der Waals surface area contributed by atoms with Gasteiger partial charge in [-0.3, -0.25) is 14.4 Å². The van der Waals surface area contributed by atoms with E-state index in [1.165, 1.54) is 18.1 Å². The van der Waals surface area contributed by atoms with Crippen LogP contribution in [0.15, 0.2) is 16.9 Å². The molecule has 1 aromatic heterocycles. The molecule has 1 amide bonds.